The quantitative estimate of drug-likeness (QED) is 0.584. The van der Waals surface area contributed by atoms with Crippen LogP contribution in [0.3, 0.4) is 0 Å². The summed E-state index contributed by atoms with van der Waals surface area (Å²) in [6, 6.07) is 13.2. The van der Waals surface area contributed by atoms with Crippen molar-refractivity contribution >= 4 is 16.8 Å². The number of nitrogens with zero attached hydrogens (tertiary/aromatic N) is 3. The van der Waals surface area contributed by atoms with Gasteiger partial charge in [-0.25, -0.2) is 9.37 Å². The molecular weight excluding hydrogens is 415 g/mol. The van der Waals surface area contributed by atoms with E-state index in [4.69, 9.17) is 0 Å². The topological polar surface area (TPSA) is 58.1 Å². The molecule has 0 atom stereocenters. The van der Waals surface area contributed by atoms with Crippen molar-refractivity contribution in [2.24, 2.45) is 0 Å². The van der Waals surface area contributed by atoms with Gasteiger partial charge in [0, 0.05) is 35.8 Å². The maximum atomic E-state index is 14.7. The Morgan fingerprint density at radius 1 is 1.03 bits per heavy atom. The van der Waals surface area contributed by atoms with E-state index in [2.05, 4.69) is 26.3 Å². The Kier molecular flexibility index (Phi) is 6.63. The van der Waals surface area contributed by atoms with Gasteiger partial charge in [0.15, 0.2) is 0 Å². The average molecular weight is 447 g/mol. The highest BCUT2D eigenvalue weighted by atomic mass is 19.1. The van der Waals surface area contributed by atoms with Crippen LogP contribution in [-0.4, -0.2) is 39.9 Å². The number of hydrogen-bond acceptors (Lipinski definition) is 4. The monoisotopic (exact) mass is 446 g/mol. The number of amides is 1. The summed E-state index contributed by atoms with van der Waals surface area (Å²) in [4.78, 5) is 24.3. The van der Waals surface area contributed by atoms with Crippen molar-refractivity contribution in [3.63, 3.8) is 0 Å². The van der Waals surface area contributed by atoms with Crippen LogP contribution in [0.5, 0.6) is 0 Å². The Bertz CT molecular complexity index is 1110. The molecule has 0 radical (unpaired) electrons. The van der Waals surface area contributed by atoms with Gasteiger partial charge in [0.2, 0.25) is 0 Å². The Morgan fingerprint density at radius 3 is 2.61 bits per heavy atom. The molecule has 6 heteroatoms. The molecule has 2 aliphatic rings. The van der Waals surface area contributed by atoms with Crippen LogP contribution in [0.15, 0.2) is 48.7 Å². The fourth-order valence-corrected chi connectivity index (χ4v) is 5.28. The Balaban J connectivity index is 1.34. The normalized spacial score (nSPS) is 18.5. The van der Waals surface area contributed by atoms with Crippen molar-refractivity contribution in [1.29, 1.82) is 0 Å². The summed E-state index contributed by atoms with van der Waals surface area (Å²) in [5.41, 5.74) is 2.73. The second-order valence-electron chi connectivity index (χ2n) is 9.42. The van der Waals surface area contributed by atoms with E-state index < -0.39 is 0 Å². The minimum absolute atomic E-state index is 0.192. The van der Waals surface area contributed by atoms with Crippen LogP contribution in [0.25, 0.3) is 10.9 Å². The molecule has 5 rings (SSSR count). The highest BCUT2D eigenvalue weighted by Crippen LogP contribution is 2.29. The predicted octanol–water partition coefficient (Wildman–Crippen LogP) is 5.21. The Labute approximate surface area is 194 Å². The molecule has 1 N–H and O–H groups in total. The maximum Gasteiger partial charge on any atom is 0.270 e. The molecule has 5 nitrogen and oxygen atoms in total. The van der Waals surface area contributed by atoms with Gasteiger partial charge in [0.1, 0.15) is 17.0 Å². The van der Waals surface area contributed by atoms with Gasteiger partial charge in [-0.05, 0) is 68.6 Å². The fourth-order valence-electron chi connectivity index (χ4n) is 5.28. The average Bonchev–Trinajstić information content (AvgIpc) is 2.86. The second kappa shape index (κ2) is 9.96. The first-order valence-corrected chi connectivity index (χ1v) is 12.2. The number of likely N-dealkylation sites (tertiary alicyclic amines) is 1. The smallest absolute Gasteiger partial charge is 0.270 e. The number of benzene rings is 1. The molecule has 2 aromatic heterocycles. The van der Waals surface area contributed by atoms with Gasteiger partial charge in [-0.15, -0.1) is 0 Å². The molecule has 3 aromatic rings. The summed E-state index contributed by atoms with van der Waals surface area (Å²) in [6.45, 7) is 2.58. The number of piperidine rings is 1. The number of fused-ring (bicyclic) bond motifs is 1. The lowest BCUT2D eigenvalue weighted by molar-refractivity contribution is 0.0922. The number of pyridine rings is 2. The molecule has 1 aliphatic carbocycles. The first-order valence-electron chi connectivity index (χ1n) is 12.2. The molecule has 33 heavy (non-hydrogen) atoms. The lowest BCUT2D eigenvalue weighted by Crippen LogP contribution is -2.37. The lowest BCUT2D eigenvalue weighted by atomic mass is 9.92. The molecule has 0 spiro atoms. The number of nitrogens with one attached hydrogen (secondary N) is 1. The maximum absolute atomic E-state index is 14.7. The number of rotatable bonds is 5. The van der Waals surface area contributed by atoms with Crippen molar-refractivity contribution in [3.05, 3.63) is 71.4 Å². The first kappa shape index (κ1) is 22.0. The van der Waals surface area contributed by atoms with E-state index in [1.54, 1.807) is 6.07 Å². The van der Waals surface area contributed by atoms with E-state index in [0.717, 1.165) is 68.3 Å². The summed E-state index contributed by atoms with van der Waals surface area (Å²) in [6.07, 6.45) is 9.48. The number of carbonyl (C=O) groups is 1. The number of halogens is 1. The van der Waals surface area contributed by atoms with E-state index in [1.165, 1.54) is 12.5 Å². The number of carbonyl (C=O) groups excluding carboxylic acids is 1. The van der Waals surface area contributed by atoms with E-state index in [0.29, 0.717) is 18.2 Å². The summed E-state index contributed by atoms with van der Waals surface area (Å²) >= 11 is 0. The van der Waals surface area contributed by atoms with E-state index in [9.17, 15) is 9.18 Å². The molecule has 172 valence electrons. The minimum atomic E-state index is -0.380. The molecule has 0 unspecified atom stereocenters. The van der Waals surface area contributed by atoms with Crippen molar-refractivity contribution < 1.29 is 9.18 Å². The molecule has 1 aromatic carbocycles. The standard InChI is InChI=1S/C27H31FN4O/c28-23-10-6-9-22-20(18-32-15-12-19(13-16-32)24-11-4-5-14-29-24)17-25(31-26(22)23)27(33)30-21-7-2-1-3-8-21/h4-6,9-11,14,17,19,21H,1-3,7-8,12-13,15-16,18H2,(H,30,33). The third kappa shape index (κ3) is 5.06. The zero-order valence-corrected chi connectivity index (χ0v) is 19.0. The Morgan fingerprint density at radius 2 is 1.85 bits per heavy atom. The summed E-state index contributed by atoms with van der Waals surface area (Å²) < 4.78 is 14.7. The van der Waals surface area contributed by atoms with Gasteiger partial charge >= 0.3 is 0 Å². The van der Waals surface area contributed by atoms with Crippen LogP contribution < -0.4 is 5.32 Å². The van der Waals surface area contributed by atoms with Crippen LogP contribution in [0.4, 0.5) is 4.39 Å². The predicted molar refractivity (Wildman–Crippen MR) is 128 cm³/mol. The summed E-state index contributed by atoms with van der Waals surface area (Å²) in [5, 5.41) is 3.92. The molecule has 1 aliphatic heterocycles. The van der Waals surface area contributed by atoms with Crippen LogP contribution in [0, 0.1) is 5.82 Å². The van der Waals surface area contributed by atoms with Gasteiger partial charge in [0.25, 0.3) is 5.91 Å². The highest BCUT2D eigenvalue weighted by molar-refractivity contribution is 5.96. The van der Waals surface area contributed by atoms with Crippen molar-refractivity contribution in [1.82, 2.24) is 20.2 Å². The van der Waals surface area contributed by atoms with E-state index in [1.807, 2.05) is 30.5 Å². The van der Waals surface area contributed by atoms with Crippen LogP contribution in [0.1, 0.15) is 72.6 Å². The molecular formula is C27H31FN4O. The summed E-state index contributed by atoms with van der Waals surface area (Å²) in [5.74, 6) is -0.0944. The number of hydrogen-bond donors (Lipinski definition) is 1. The first-order chi connectivity index (χ1) is 16.2. The zero-order chi connectivity index (χ0) is 22.6. The largest absolute Gasteiger partial charge is 0.348 e. The van der Waals surface area contributed by atoms with Crippen molar-refractivity contribution in [2.45, 2.75) is 63.5 Å². The Hall–Kier alpha value is -2.86. The van der Waals surface area contributed by atoms with Crippen LogP contribution >= 0.6 is 0 Å². The fraction of sp³-hybridized carbons (Fsp3) is 0.444. The molecule has 1 saturated heterocycles. The van der Waals surface area contributed by atoms with Gasteiger partial charge < -0.3 is 5.32 Å². The molecule has 1 saturated carbocycles. The minimum Gasteiger partial charge on any atom is -0.348 e. The van der Waals surface area contributed by atoms with Crippen molar-refractivity contribution in [2.75, 3.05) is 13.1 Å². The lowest BCUT2D eigenvalue weighted by Gasteiger charge is -2.32. The SMILES string of the molecule is O=C(NC1CCCCC1)c1cc(CN2CCC(c3ccccn3)CC2)c2cccc(F)c2n1. The molecule has 0 bridgehead atoms. The third-order valence-electron chi connectivity index (χ3n) is 7.14. The number of para-hydroxylation sites is 1. The summed E-state index contributed by atoms with van der Waals surface area (Å²) in [7, 11) is 0. The third-order valence-corrected chi connectivity index (χ3v) is 7.14. The van der Waals surface area contributed by atoms with E-state index >= 15 is 0 Å². The zero-order valence-electron chi connectivity index (χ0n) is 19.0. The van der Waals surface area contributed by atoms with Gasteiger partial charge in [-0.2, -0.15) is 0 Å². The molecule has 1 amide bonds. The van der Waals surface area contributed by atoms with E-state index in [-0.39, 0.29) is 23.3 Å². The van der Waals surface area contributed by atoms with Crippen molar-refractivity contribution in [3.8, 4) is 0 Å². The highest BCUT2D eigenvalue weighted by Gasteiger charge is 2.24. The number of aromatic nitrogens is 2. The van der Waals surface area contributed by atoms with Crippen LogP contribution in [-0.2, 0) is 6.54 Å². The van der Waals surface area contributed by atoms with Crippen LogP contribution in [0.2, 0.25) is 0 Å². The molecule has 3 heterocycles. The van der Waals surface area contributed by atoms with Gasteiger partial charge in [-0.3, -0.25) is 14.7 Å². The second-order valence-corrected chi connectivity index (χ2v) is 9.42. The van der Waals surface area contributed by atoms with Gasteiger partial charge in [0.05, 0.1) is 0 Å². The molecule has 2 fully saturated rings. The van der Waals surface area contributed by atoms with Gasteiger partial charge in [-0.1, -0.05) is 37.5 Å².